The summed E-state index contributed by atoms with van der Waals surface area (Å²) in [5.74, 6) is 0.715. The molecule has 0 radical (unpaired) electrons. The largest absolute Gasteiger partial charge is 0.489 e. The van der Waals surface area contributed by atoms with E-state index < -0.39 is 0 Å². The number of hydrogen-bond donors (Lipinski definition) is 2. The van der Waals surface area contributed by atoms with Crippen molar-refractivity contribution in [1.29, 1.82) is 0 Å². The third kappa shape index (κ3) is 2.98. The summed E-state index contributed by atoms with van der Waals surface area (Å²) in [7, 11) is 0. The number of para-hydroxylation sites is 1. The predicted octanol–water partition coefficient (Wildman–Crippen LogP) is 2.34. The van der Waals surface area contributed by atoms with E-state index in [1.165, 1.54) is 0 Å². The van der Waals surface area contributed by atoms with Gasteiger partial charge in [-0.05, 0) is 23.8 Å². The van der Waals surface area contributed by atoms with Crippen LogP contribution in [0.25, 0.3) is 0 Å². The lowest BCUT2D eigenvalue weighted by Crippen LogP contribution is -1.98. The Labute approximate surface area is 100 Å². The molecule has 0 amide bonds. The summed E-state index contributed by atoms with van der Waals surface area (Å²) >= 11 is 0. The fraction of sp³-hybridized carbons (Fsp3) is 0.143. The first-order chi connectivity index (χ1) is 8.29. The van der Waals surface area contributed by atoms with E-state index in [2.05, 4.69) is 0 Å². The van der Waals surface area contributed by atoms with Gasteiger partial charge in [0.05, 0.1) is 6.61 Å². The lowest BCUT2D eigenvalue weighted by atomic mass is 10.2. The van der Waals surface area contributed by atoms with E-state index in [0.29, 0.717) is 12.4 Å². The molecular weight excluding hydrogens is 214 g/mol. The van der Waals surface area contributed by atoms with Gasteiger partial charge in [-0.15, -0.1) is 0 Å². The number of ether oxygens (including phenoxy) is 1. The van der Waals surface area contributed by atoms with Crippen molar-refractivity contribution in [2.75, 3.05) is 5.73 Å². The Kier molecular flexibility index (Phi) is 3.62. The van der Waals surface area contributed by atoms with E-state index in [4.69, 9.17) is 15.6 Å². The van der Waals surface area contributed by atoms with Crippen molar-refractivity contribution >= 4 is 5.69 Å². The van der Waals surface area contributed by atoms with Crippen molar-refractivity contribution < 1.29 is 9.84 Å². The van der Waals surface area contributed by atoms with Gasteiger partial charge in [0, 0.05) is 11.3 Å². The summed E-state index contributed by atoms with van der Waals surface area (Å²) in [4.78, 5) is 0. The maximum Gasteiger partial charge on any atom is 0.125 e. The number of rotatable bonds is 4. The van der Waals surface area contributed by atoms with Crippen LogP contribution in [0.15, 0.2) is 48.5 Å². The van der Waals surface area contributed by atoms with Crippen LogP contribution < -0.4 is 10.5 Å². The molecular formula is C14H15NO2. The number of aliphatic hydroxyl groups is 1. The Bertz CT molecular complexity index is 480. The number of anilines is 1. The highest BCUT2D eigenvalue weighted by atomic mass is 16.5. The molecule has 0 aromatic heterocycles. The van der Waals surface area contributed by atoms with E-state index in [9.17, 15) is 0 Å². The zero-order chi connectivity index (χ0) is 12.1. The van der Waals surface area contributed by atoms with Crippen molar-refractivity contribution in [2.45, 2.75) is 13.2 Å². The topological polar surface area (TPSA) is 55.5 Å². The molecule has 0 atom stereocenters. The molecule has 2 aromatic rings. The van der Waals surface area contributed by atoms with Gasteiger partial charge in [-0.25, -0.2) is 0 Å². The van der Waals surface area contributed by atoms with Crippen molar-refractivity contribution in [3.63, 3.8) is 0 Å². The normalized spacial score (nSPS) is 10.2. The van der Waals surface area contributed by atoms with Gasteiger partial charge in [0.15, 0.2) is 0 Å². The zero-order valence-corrected chi connectivity index (χ0v) is 9.47. The minimum absolute atomic E-state index is 0.0160. The molecule has 2 rings (SSSR count). The van der Waals surface area contributed by atoms with Crippen LogP contribution in [0, 0.1) is 0 Å². The Morgan fingerprint density at radius 2 is 1.71 bits per heavy atom. The predicted molar refractivity (Wildman–Crippen MR) is 67.6 cm³/mol. The van der Waals surface area contributed by atoms with Crippen molar-refractivity contribution in [3.05, 3.63) is 59.7 Å². The Morgan fingerprint density at radius 1 is 1.00 bits per heavy atom. The van der Waals surface area contributed by atoms with E-state index in [-0.39, 0.29) is 6.61 Å². The number of benzene rings is 2. The summed E-state index contributed by atoms with van der Waals surface area (Å²) in [6.07, 6.45) is 0. The first-order valence-electron chi connectivity index (χ1n) is 5.45. The molecule has 88 valence electrons. The van der Waals surface area contributed by atoms with Crippen LogP contribution in [0.5, 0.6) is 5.75 Å². The molecule has 0 heterocycles. The summed E-state index contributed by atoms with van der Waals surface area (Å²) in [6, 6.07) is 15.0. The molecule has 0 spiro atoms. The van der Waals surface area contributed by atoms with E-state index >= 15 is 0 Å². The van der Waals surface area contributed by atoms with Crippen LogP contribution in [0.2, 0.25) is 0 Å². The molecule has 0 unspecified atom stereocenters. The second kappa shape index (κ2) is 5.37. The monoisotopic (exact) mass is 229 g/mol. The van der Waals surface area contributed by atoms with Crippen LogP contribution in [0.1, 0.15) is 11.1 Å². The summed E-state index contributed by atoms with van der Waals surface area (Å²) in [5, 5.41) is 9.16. The molecule has 0 aliphatic rings. The third-order valence-electron chi connectivity index (χ3n) is 2.52. The first-order valence-corrected chi connectivity index (χ1v) is 5.45. The summed E-state index contributed by atoms with van der Waals surface area (Å²) < 4.78 is 5.65. The molecule has 2 aromatic carbocycles. The molecule has 3 heteroatoms. The second-order valence-electron chi connectivity index (χ2n) is 3.80. The Hall–Kier alpha value is -2.00. The van der Waals surface area contributed by atoms with E-state index in [1.54, 1.807) is 0 Å². The van der Waals surface area contributed by atoms with Gasteiger partial charge < -0.3 is 15.6 Å². The minimum Gasteiger partial charge on any atom is -0.489 e. The quantitative estimate of drug-likeness (QED) is 0.791. The third-order valence-corrected chi connectivity index (χ3v) is 2.52. The molecule has 3 N–H and O–H groups in total. The van der Waals surface area contributed by atoms with Crippen LogP contribution in [-0.4, -0.2) is 5.11 Å². The number of nitrogens with two attached hydrogens (primary N) is 1. The highest BCUT2D eigenvalue weighted by Gasteiger charge is 2.01. The van der Waals surface area contributed by atoms with Gasteiger partial charge in [0.25, 0.3) is 0 Å². The van der Waals surface area contributed by atoms with Crippen molar-refractivity contribution in [1.82, 2.24) is 0 Å². The molecule has 0 fully saturated rings. The maximum atomic E-state index is 9.16. The van der Waals surface area contributed by atoms with Gasteiger partial charge in [-0.2, -0.15) is 0 Å². The van der Waals surface area contributed by atoms with Crippen LogP contribution in [0.3, 0.4) is 0 Å². The van der Waals surface area contributed by atoms with Gasteiger partial charge in [-0.1, -0.05) is 30.3 Å². The van der Waals surface area contributed by atoms with E-state index in [0.717, 1.165) is 16.8 Å². The molecule has 0 bridgehead atoms. The number of hydrogen-bond acceptors (Lipinski definition) is 3. The fourth-order valence-corrected chi connectivity index (χ4v) is 1.55. The van der Waals surface area contributed by atoms with Gasteiger partial charge in [0.2, 0.25) is 0 Å². The molecule has 0 saturated carbocycles. The Balaban J connectivity index is 2.04. The maximum absolute atomic E-state index is 9.16. The molecule has 0 saturated heterocycles. The highest BCUT2D eigenvalue weighted by molar-refractivity contribution is 5.39. The highest BCUT2D eigenvalue weighted by Crippen LogP contribution is 2.19. The minimum atomic E-state index is -0.0160. The molecule has 17 heavy (non-hydrogen) atoms. The molecule has 0 aliphatic heterocycles. The number of aliphatic hydroxyl groups excluding tert-OH is 1. The van der Waals surface area contributed by atoms with Gasteiger partial charge >= 0.3 is 0 Å². The molecule has 3 nitrogen and oxygen atoms in total. The standard InChI is InChI=1S/C14H15NO2/c15-13-7-5-11(6-8-13)10-17-14-4-2-1-3-12(14)9-16/h1-8,16H,9-10,15H2. The number of nitrogen functional groups attached to an aromatic ring is 1. The van der Waals surface area contributed by atoms with Crippen LogP contribution in [0.4, 0.5) is 5.69 Å². The van der Waals surface area contributed by atoms with Crippen LogP contribution >= 0.6 is 0 Å². The first kappa shape index (κ1) is 11.5. The second-order valence-corrected chi connectivity index (χ2v) is 3.80. The smallest absolute Gasteiger partial charge is 0.125 e. The van der Waals surface area contributed by atoms with Gasteiger partial charge in [0.1, 0.15) is 12.4 Å². The average molecular weight is 229 g/mol. The van der Waals surface area contributed by atoms with E-state index in [1.807, 2.05) is 48.5 Å². The lowest BCUT2D eigenvalue weighted by Gasteiger charge is -2.09. The van der Waals surface area contributed by atoms with Crippen molar-refractivity contribution in [2.24, 2.45) is 0 Å². The van der Waals surface area contributed by atoms with Crippen molar-refractivity contribution in [3.8, 4) is 5.75 Å². The van der Waals surface area contributed by atoms with Crippen LogP contribution in [-0.2, 0) is 13.2 Å². The average Bonchev–Trinajstić information content (AvgIpc) is 2.38. The lowest BCUT2D eigenvalue weighted by molar-refractivity contribution is 0.259. The zero-order valence-electron chi connectivity index (χ0n) is 9.47. The Morgan fingerprint density at radius 3 is 2.41 bits per heavy atom. The SMILES string of the molecule is Nc1ccc(COc2ccccc2CO)cc1. The fourth-order valence-electron chi connectivity index (χ4n) is 1.55. The summed E-state index contributed by atoms with van der Waals surface area (Å²) in [6.45, 7) is 0.454. The summed E-state index contributed by atoms with van der Waals surface area (Å²) in [5.41, 5.74) is 8.19. The molecule has 0 aliphatic carbocycles. The van der Waals surface area contributed by atoms with Gasteiger partial charge in [-0.3, -0.25) is 0 Å².